The van der Waals surface area contributed by atoms with Gasteiger partial charge >= 0.3 is 35.7 Å². The molecule has 816 valence electrons. The van der Waals surface area contributed by atoms with Crippen LogP contribution >= 0.6 is 23.2 Å². The first-order valence-corrected chi connectivity index (χ1v) is 58.8. The topological polar surface area (TPSA) is 263 Å². The average molecular weight is 2060 g/mol. The predicted molar refractivity (Wildman–Crippen MR) is 592 cm³/mol. The van der Waals surface area contributed by atoms with Gasteiger partial charge < -0.3 is 51.8 Å². The first-order valence-electron chi connectivity index (χ1n) is 54.1. The van der Waals surface area contributed by atoms with Crippen LogP contribution in [0.1, 0.15) is 368 Å². The van der Waals surface area contributed by atoms with Crippen molar-refractivity contribution in [3.8, 4) is 5.88 Å². The molecular formula is C118H206Cl2N4O16Si2. The van der Waals surface area contributed by atoms with Crippen LogP contribution in [-0.4, -0.2) is 132 Å². The third-order valence-electron chi connectivity index (χ3n) is 37.6. The lowest BCUT2D eigenvalue weighted by molar-refractivity contribution is -0.191. The standard InChI is InChI=1S/2C35H72.C24H33ClN2O6Si.C23H29ClN2O8Si.CO2/c2*1-19-21(4)23(6)25(8)27(10)29(12)31(14)33(16)35(18)34(17)32(15)30(13)28(11)26(9)24(7)22(5)20(2)3;1-17-15-20(16-22(27-17)24(29)30-2)21(25)12-9-18-7-10-19(11-8-18)23(28)26-13-6-14-34(31-3,32-4)33-5;1-31-35(32-2,33-3)12-4-11-25-22(28)17-8-5-16(6-9-17)7-10-19(24)18-13-20(23(29)30)26-21(14-18)34-15-27;2-1-3/h2*20-35H,19H2,1-18H3;7-8,10-11,15-16,21H,6,9,12-14H2,1-5H3,(H,26,28);5-6,8-9,13-15,19H,4,7,10-12H2,1-3H3,(H,25,28)(H,29,30);. The molecule has 32 atom stereocenters. The number of carbonyl (C=O) groups excluding carboxylic acids is 6. The summed E-state index contributed by atoms with van der Waals surface area (Å²) < 4.78 is 41.7. The number of nitrogens with zero attached hydrogens (tertiary/aromatic N) is 2. The molecule has 142 heavy (non-hydrogen) atoms. The molecule has 3 N–H and O–H groups in total. The molecule has 0 radical (unpaired) electrons. The van der Waals surface area contributed by atoms with Crippen molar-refractivity contribution >= 4 is 77.2 Å². The second-order valence-electron chi connectivity index (χ2n) is 44.7. The Balaban J connectivity index is 0.00000185. The van der Waals surface area contributed by atoms with Crippen LogP contribution in [0, 0.1) is 196 Å². The molecule has 0 saturated carbocycles. The molecule has 2 heterocycles. The maximum absolute atomic E-state index is 12.4. The number of pyridine rings is 2. The highest BCUT2D eigenvalue weighted by Gasteiger charge is 2.43. The van der Waals surface area contributed by atoms with Crippen LogP contribution in [0.5, 0.6) is 5.88 Å². The number of carboxylic acids is 1. The van der Waals surface area contributed by atoms with Crippen molar-refractivity contribution in [2.75, 3.05) is 62.9 Å². The van der Waals surface area contributed by atoms with Gasteiger partial charge in [-0.3, -0.25) is 14.4 Å². The summed E-state index contributed by atoms with van der Waals surface area (Å²) in [6.07, 6.45) is 6.66. The van der Waals surface area contributed by atoms with Gasteiger partial charge in [-0.25, -0.2) is 19.6 Å². The number of aromatic nitrogens is 2. The Bertz CT molecular complexity index is 4080. The molecule has 4 rings (SSSR count). The van der Waals surface area contributed by atoms with E-state index in [-0.39, 0.29) is 47.1 Å². The van der Waals surface area contributed by atoms with Crippen LogP contribution in [0.25, 0.3) is 0 Å². The Labute approximate surface area is 878 Å². The number of halogens is 2. The maximum atomic E-state index is 12.4. The van der Waals surface area contributed by atoms with E-state index >= 15 is 0 Å². The van der Waals surface area contributed by atoms with Crippen molar-refractivity contribution < 1.29 is 74.7 Å². The van der Waals surface area contributed by atoms with Crippen molar-refractivity contribution in [1.82, 2.24) is 20.6 Å². The van der Waals surface area contributed by atoms with E-state index in [1.165, 1.54) is 32.1 Å². The number of hydrogen-bond donors (Lipinski definition) is 3. The van der Waals surface area contributed by atoms with Gasteiger partial charge in [0.1, 0.15) is 5.69 Å². The largest absolute Gasteiger partial charge is 0.500 e. The van der Waals surface area contributed by atoms with E-state index in [0.29, 0.717) is 79.7 Å². The molecule has 24 heteroatoms. The Hall–Kier alpha value is -5.76. The summed E-state index contributed by atoms with van der Waals surface area (Å²) in [5, 5.41) is 14.2. The van der Waals surface area contributed by atoms with Crippen LogP contribution in [0.3, 0.4) is 0 Å². The summed E-state index contributed by atoms with van der Waals surface area (Å²) in [4.78, 5) is 82.7. The molecule has 2 amide bonds. The number of nitrogens with one attached hydrogen (secondary N) is 2. The second-order valence-corrected chi connectivity index (χ2v) is 51.9. The smallest absolute Gasteiger partial charge is 0.477 e. The Morgan fingerprint density at radius 2 is 0.620 bits per heavy atom. The third kappa shape index (κ3) is 43.1. The van der Waals surface area contributed by atoms with E-state index in [2.05, 4.69) is 275 Å². The van der Waals surface area contributed by atoms with Gasteiger partial charge in [-0.05, 0) is 300 Å². The van der Waals surface area contributed by atoms with Crippen molar-refractivity contribution in [2.45, 2.75) is 330 Å². The Morgan fingerprint density at radius 1 is 0.373 bits per heavy atom. The summed E-state index contributed by atoms with van der Waals surface area (Å²) in [5.41, 5.74) is 5.14. The number of aromatic carboxylic acids is 1. The number of benzene rings is 2. The first kappa shape index (κ1) is 136. The highest BCUT2D eigenvalue weighted by molar-refractivity contribution is 6.60. The van der Waals surface area contributed by atoms with Crippen molar-refractivity contribution in [3.05, 3.63) is 123 Å². The monoisotopic (exact) mass is 2060 g/mol. The minimum atomic E-state index is -2.65. The van der Waals surface area contributed by atoms with E-state index in [1.54, 1.807) is 73.0 Å². The van der Waals surface area contributed by atoms with Gasteiger partial charge in [-0.15, -0.1) is 23.2 Å². The lowest BCUT2D eigenvalue weighted by atomic mass is 9.62. The van der Waals surface area contributed by atoms with Gasteiger partial charge in [0.25, 0.3) is 18.3 Å². The molecule has 0 fully saturated rings. The zero-order valence-electron chi connectivity index (χ0n) is 97.3. The highest BCUT2D eigenvalue weighted by Crippen LogP contribution is 2.48. The number of hydrogen-bond acceptors (Lipinski definition) is 17. The lowest BCUT2D eigenvalue weighted by Gasteiger charge is -2.43. The Kier molecular flexibility index (Phi) is 66.0. The van der Waals surface area contributed by atoms with E-state index in [0.717, 1.165) is 212 Å². The number of methoxy groups -OCH3 is 1. The second kappa shape index (κ2) is 68.8. The van der Waals surface area contributed by atoms with Crippen molar-refractivity contribution in [1.29, 1.82) is 0 Å². The fraction of sp³-hybridized carbons (Fsp3) is 0.763. The van der Waals surface area contributed by atoms with Gasteiger partial charge in [0, 0.05) is 90.7 Å². The van der Waals surface area contributed by atoms with Crippen LogP contribution in [-0.2, 0) is 58.5 Å². The van der Waals surface area contributed by atoms with Crippen LogP contribution in [0.2, 0.25) is 12.1 Å². The number of carboxylic acid groups (broad SMARTS) is 1. The summed E-state index contributed by atoms with van der Waals surface area (Å²) in [6.45, 7) is 93.2. The van der Waals surface area contributed by atoms with Gasteiger partial charge in [-0.1, -0.05) is 286 Å². The summed E-state index contributed by atoms with van der Waals surface area (Å²) in [7, 11) is 5.42. The van der Waals surface area contributed by atoms with Gasteiger partial charge in [-0.2, -0.15) is 9.59 Å². The van der Waals surface area contributed by atoms with Crippen LogP contribution in [0.4, 0.5) is 0 Å². The third-order valence-corrected chi connectivity index (χ3v) is 44.2. The van der Waals surface area contributed by atoms with Gasteiger partial charge in [0.2, 0.25) is 5.88 Å². The summed E-state index contributed by atoms with van der Waals surface area (Å²) >= 11 is 13.1. The normalized spacial score (nSPS) is 18.7. The fourth-order valence-electron chi connectivity index (χ4n) is 21.4. The molecule has 2 aromatic carbocycles. The van der Waals surface area contributed by atoms with Crippen molar-refractivity contribution in [2.24, 2.45) is 189 Å². The first-order chi connectivity index (χ1) is 66.3. The number of rotatable bonds is 60. The molecule has 20 nitrogen and oxygen atoms in total. The zero-order valence-corrected chi connectivity index (χ0v) is 101. The Morgan fingerprint density at radius 3 is 0.852 bits per heavy atom. The van der Waals surface area contributed by atoms with Crippen LogP contribution in [0.15, 0.2) is 72.8 Å². The number of ether oxygens (including phenoxy) is 2. The fourth-order valence-corrected chi connectivity index (χ4v) is 25.3. The minimum Gasteiger partial charge on any atom is -0.477 e. The quantitative estimate of drug-likeness (QED) is 0.0122. The predicted octanol–water partition coefficient (Wildman–Crippen LogP) is 29.9. The van der Waals surface area contributed by atoms with Crippen molar-refractivity contribution in [3.63, 3.8) is 0 Å². The maximum Gasteiger partial charge on any atom is 0.500 e. The molecule has 0 saturated heterocycles. The zero-order chi connectivity index (χ0) is 110. The SMILES string of the molecule is CCC(C)C(C)C(C)C(C)C(C)C(C)C(C)C(C)C(C)C(C)C(C)C(C)C(C)C(C)C(C)C(C)C.CCC(C)C(C)C(C)C(C)C(C)C(C)C(C)C(C)C(C)C(C)C(C)C(C)C(C)C(C)C(C)C(C)C.COC(=O)c1cc(C(Cl)CCc2ccc(C(=O)NCCC[Si](OC)(OC)OC)cc2)cc(C)n1.CO[Si](CCCNC(=O)c1ccc(CCC(Cl)c2cc(OC=O)nc(C(=O)O)c2)cc1)(OC)OC.O=C=O. The van der Waals surface area contributed by atoms with E-state index in [4.69, 9.17) is 64.1 Å². The molecule has 0 aliphatic carbocycles. The highest BCUT2D eigenvalue weighted by atomic mass is 35.5. The molecule has 4 aromatic rings. The van der Waals surface area contributed by atoms with E-state index in [9.17, 15) is 29.1 Å². The number of aryl methyl sites for hydroxylation is 3. The van der Waals surface area contributed by atoms with E-state index < -0.39 is 34.9 Å². The molecule has 0 aliphatic rings. The van der Waals surface area contributed by atoms with Gasteiger partial charge in [0.15, 0.2) is 5.69 Å². The molecule has 0 bridgehead atoms. The average Bonchev–Trinajstić information content (AvgIpc) is 0.811. The molecular weight excluding hydrogens is 1860 g/mol. The molecule has 0 aliphatic heterocycles. The molecule has 2 aromatic heterocycles. The summed E-state index contributed by atoms with van der Waals surface area (Å²) in [5.74, 6) is 22.7. The van der Waals surface area contributed by atoms with E-state index in [1.807, 2.05) is 37.3 Å². The minimum absolute atomic E-state index is 0.129. The number of esters is 1. The molecule has 0 spiro atoms. The number of alkyl halides is 2. The molecule has 32 unspecified atom stereocenters. The number of amides is 2. The van der Waals surface area contributed by atoms with Gasteiger partial charge in [0.05, 0.1) is 17.9 Å². The summed E-state index contributed by atoms with van der Waals surface area (Å²) in [6, 6.07) is 22.1. The number of carbonyl (C=O) groups is 5. The van der Waals surface area contributed by atoms with Crippen LogP contribution < -0.4 is 15.4 Å². The lowest BCUT2D eigenvalue weighted by Crippen LogP contribution is -2.43.